The maximum atomic E-state index is 10.8. The average molecular weight is 314 g/mol. The summed E-state index contributed by atoms with van der Waals surface area (Å²) in [6.07, 6.45) is -4.67. The molecule has 4 aliphatic rings. The van der Waals surface area contributed by atoms with Gasteiger partial charge in [-0.2, -0.15) is 0 Å². The molecule has 1 spiro atoms. The molecule has 2 aliphatic heterocycles. The van der Waals surface area contributed by atoms with E-state index in [2.05, 4.69) is 0 Å². The molecule has 2 bridgehead atoms. The number of hydrogen-bond acceptors (Lipinski definition) is 7. The molecule has 22 heavy (non-hydrogen) atoms. The first-order valence-electron chi connectivity index (χ1n) is 7.59. The van der Waals surface area contributed by atoms with Crippen LogP contribution in [0.2, 0.25) is 0 Å². The van der Waals surface area contributed by atoms with Gasteiger partial charge in [-0.1, -0.05) is 13.0 Å². The molecule has 5 N–H and O–H groups in total. The van der Waals surface area contributed by atoms with Crippen LogP contribution in [-0.2, 0) is 9.47 Å². The minimum Gasteiger partial charge on any atom is -0.396 e. The summed E-state index contributed by atoms with van der Waals surface area (Å²) in [6.45, 7) is 3.15. The van der Waals surface area contributed by atoms with Crippen LogP contribution in [0.25, 0.3) is 0 Å². The average Bonchev–Trinajstić information content (AvgIpc) is 3.27. The molecule has 9 atom stereocenters. The van der Waals surface area contributed by atoms with Crippen molar-refractivity contribution < 1.29 is 35.0 Å². The molecule has 2 aliphatic carbocycles. The monoisotopic (exact) mass is 314 g/mol. The zero-order valence-electron chi connectivity index (χ0n) is 12.5. The van der Waals surface area contributed by atoms with E-state index in [-0.39, 0.29) is 6.61 Å². The van der Waals surface area contributed by atoms with Gasteiger partial charge in [0.15, 0.2) is 0 Å². The van der Waals surface area contributed by atoms with Crippen LogP contribution < -0.4 is 0 Å². The molecule has 3 fully saturated rings. The van der Waals surface area contributed by atoms with Crippen molar-refractivity contribution in [3.05, 3.63) is 11.6 Å². The Bertz CT molecular complexity index is 544. The van der Waals surface area contributed by atoms with Gasteiger partial charge < -0.3 is 35.0 Å². The van der Waals surface area contributed by atoms with Crippen LogP contribution in [0, 0.1) is 10.8 Å². The first-order chi connectivity index (χ1) is 10.3. The van der Waals surface area contributed by atoms with Gasteiger partial charge >= 0.3 is 0 Å². The molecular formula is C15H22O7. The van der Waals surface area contributed by atoms with E-state index >= 15 is 0 Å². The van der Waals surface area contributed by atoms with Crippen LogP contribution in [-0.4, -0.2) is 81.0 Å². The minimum absolute atomic E-state index is 0.280. The van der Waals surface area contributed by atoms with Gasteiger partial charge in [0.25, 0.3) is 0 Å². The molecule has 124 valence electrons. The fourth-order valence-electron chi connectivity index (χ4n) is 5.18. The van der Waals surface area contributed by atoms with Gasteiger partial charge in [0.2, 0.25) is 0 Å². The van der Waals surface area contributed by atoms with Crippen LogP contribution >= 0.6 is 0 Å². The molecule has 0 amide bonds. The Morgan fingerprint density at radius 3 is 2.41 bits per heavy atom. The summed E-state index contributed by atoms with van der Waals surface area (Å²) >= 11 is 0. The summed E-state index contributed by atoms with van der Waals surface area (Å²) in [6, 6.07) is 0. The Hall–Kier alpha value is -0.540. The first-order valence-corrected chi connectivity index (χ1v) is 7.59. The molecule has 4 rings (SSSR count). The van der Waals surface area contributed by atoms with Crippen molar-refractivity contribution in [2.75, 3.05) is 13.2 Å². The summed E-state index contributed by atoms with van der Waals surface area (Å²) in [5.74, 6) is 0. The van der Waals surface area contributed by atoms with Gasteiger partial charge in [-0.15, -0.1) is 0 Å². The SMILES string of the molecule is CC1=CC2OC3C(O)C(O)[C@@](C)([C@@]34CO4)[C@@]2(CO)[C@H](O)[C@@H]1O. The lowest BCUT2D eigenvalue weighted by atomic mass is 9.50. The van der Waals surface area contributed by atoms with Gasteiger partial charge in [-0.25, -0.2) is 0 Å². The van der Waals surface area contributed by atoms with Gasteiger partial charge in [0.05, 0.1) is 36.9 Å². The Labute approximate surface area is 127 Å². The Morgan fingerprint density at radius 1 is 1.23 bits per heavy atom. The normalized spacial score (nSPS) is 62.8. The highest BCUT2D eigenvalue weighted by molar-refractivity contribution is 5.37. The van der Waals surface area contributed by atoms with Crippen molar-refractivity contribution >= 4 is 0 Å². The maximum Gasteiger partial charge on any atom is 0.129 e. The zero-order valence-corrected chi connectivity index (χ0v) is 12.5. The van der Waals surface area contributed by atoms with E-state index < -0.39 is 59.7 Å². The van der Waals surface area contributed by atoms with Crippen molar-refractivity contribution in [1.82, 2.24) is 0 Å². The van der Waals surface area contributed by atoms with Crippen molar-refractivity contribution in [1.29, 1.82) is 0 Å². The number of aliphatic hydroxyl groups is 5. The summed E-state index contributed by atoms with van der Waals surface area (Å²) in [5.41, 5.74) is -2.89. The Kier molecular flexibility index (Phi) is 2.80. The van der Waals surface area contributed by atoms with Crippen molar-refractivity contribution in [2.45, 2.75) is 56.1 Å². The minimum atomic E-state index is -1.35. The van der Waals surface area contributed by atoms with E-state index in [0.717, 1.165) is 0 Å². The highest BCUT2D eigenvalue weighted by atomic mass is 16.6. The van der Waals surface area contributed by atoms with Crippen LogP contribution in [0.3, 0.4) is 0 Å². The number of hydrogen-bond donors (Lipinski definition) is 5. The largest absolute Gasteiger partial charge is 0.396 e. The fraction of sp³-hybridized carbons (Fsp3) is 0.867. The zero-order chi connectivity index (χ0) is 16.1. The van der Waals surface area contributed by atoms with Crippen LogP contribution in [0.1, 0.15) is 13.8 Å². The van der Waals surface area contributed by atoms with Gasteiger partial charge in [0.1, 0.15) is 23.9 Å². The molecule has 1 saturated carbocycles. The van der Waals surface area contributed by atoms with Crippen molar-refractivity contribution in [3.8, 4) is 0 Å². The van der Waals surface area contributed by atoms with Crippen LogP contribution in [0.4, 0.5) is 0 Å². The summed E-state index contributed by atoms with van der Waals surface area (Å²) in [7, 11) is 0. The Morgan fingerprint density at radius 2 is 1.86 bits per heavy atom. The van der Waals surface area contributed by atoms with E-state index in [1.165, 1.54) is 0 Å². The van der Waals surface area contributed by atoms with E-state index in [0.29, 0.717) is 5.57 Å². The topological polar surface area (TPSA) is 123 Å². The van der Waals surface area contributed by atoms with E-state index in [1.54, 1.807) is 19.9 Å². The first kappa shape index (κ1) is 15.0. The molecule has 0 aromatic heterocycles. The van der Waals surface area contributed by atoms with E-state index in [9.17, 15) is 25.5 Å². The predicted molar refractivity (Wildman–Crippen MR) is 72.8 cm³/mol. The second-order valence-electron chi connectivity index (χ2n) is 7.29. The molecular weight excluding hydrogens is 292 g/mol. The molecule has 4 unspecified atom stereocenters. The van der Waals surface area contributed by atoms with Gasteiger partial charge in [-0.05, 0) is 12.5 Å². The third-order valence-corrected chi connectivity index (χ3v) is 6.76. The van der Waals surface area contributed by atoms with Gasteiger partial charge in [0, 0.05) is 5.41 Å². The highest BCUT2D eigenvalue weighted by Gasteiger charge is 2.86. The smallest absolute Gasteiger partial charge is 0.129 e. The molecule has 7 heteroatoms. The fourth-order valence-corrected chi connectivity index (χ4v) is 5.18. The third kappa shape index (κ3) is 1.23. The number of fused-ring (bicyclic) bond motifs is 2. The van der Waals surface area contributed by atoms with Crippen LogP contribution in [0.5, 0.6) is 0 Å². The maximum absolute atomic E-state index is 10.8. The number of rotatable bonds is 1. The number of ether oxygens (including phenoxy) is 2. The highest BCUT2D eigenvalue weighted by Crippen LogP contribution is 2.71. The summed E-state index contributed by atoms with van der Waals surface area (Å²) in [5, 5.41) is 52.3. The third-order valence-electron chi connectivity index (χ3n) is 6.76. The Balaban J connectivity index is 1.96. The molecule has 0 aromatic carbocycles. The van der Waals surface area contributed by atoms with Crippen molar-refractivity contribution in [3.63, 3.8) is 0 Å². The summed E-state index contributed by atoms with van der Waals surface area (Å²) in [4.78, 5) is 0. The molecule has 7 nitrogen and oxygen atoms in total. The van der Waals surface area contributed by atoms with E-state index in [1.807, 2.05) is 0 Å². The summed E-state index contributed by atoms with van der Waals surface area (Å²) < 4.78 is 11.5. The molecule has 2 heterocycles. The van der Waals surface area contributed by atoms with Gasteiger partial charge in [-0.3, -0.25) is 0 Å². The molecule has 2 saturated heterocycles. The standard InChI is InChI=1S/C15H22O7/c1-6-3-7-14(4-16,11(20)8(6)17)13(2)10(19)9(18)12(22-7)15(13)5-21-15/h3,7-12,16-20H,4-5H2,1-2H3/t7?,8-,9?,10?,11-,12?,13-,14-,15-/m1/s1. The lowest BCUT2D eigenvalue weighted by Crippen LogP contribution is -2.72. The molecule has 0 radical (unpaired) electrons. The lowest BCUT2D eigenvalue weighted by Gasteiger charge is -2.60. The van der Waals surface area contributed by atoms with Crippen molar-refractivity contribution in [2.24, 2.45) is 10.8 Å². The van der Waals surface area contributed by atoms with Crippen LogP contribution in [0.15, 0.2) is 11.6 Å². The quantitative estimate of drug-likeness (QED) is 0.278. The lowest BCUT2D eigenvalue weighted by molar-refractivity contribution is -0.271. The molecule has 0 aromatic rings. The van der Waals surface area contributed by atoms with E-state index in [4.69, 9.17) is 9.47 Å². The number of aliphatic hydroxyl groups excluding tert-OH is 5. The second kappa shape index (κ2) is 4.10. The number of epoxide rings is 1. The second-order valence-corrected chi connectivity index (χ2v) is 7.29. The predicted octanol–water partition coefficient (Wildman–Crippen LogP) is -2.08.